The molecule has 5 rings (SSSR count). The number of anilines is 1. The first kappa shape index (κ1) is 23.2. The minimum absolute atomic E-state index is 0.0115. The van der Waals surface area contributed by atoms with E-state index in [1.807, 2.05) is 25.1 Å². The van der Waals surface area contributed by atoms with Crippen molar-refractivity contribution in [1.82, 2.24) is 19.2 Å². The summed E-state index contributed by atoms with van der Waals surface area (Å²) in [4.78, 5) is 15.0. The zero-order chi connectivity index (χ0) is 23.7. The summed E-state index contributed by atoms with van der Waals surface area (Å²) in [5.74, 6) is 1.85. The molecule has 0 aliphatic carbocycles. The van der Waals surface area contributed by atoms with Gasteiger partial charge in [-0.05, 0) is 57.4 Å². The summed E-state index contributed by atoms with van der Waals surface area (Å²) >= 11 is 0. The summed E-state index contributed by atoms with van der Waals surface area (Å²) in [5.41, 5.74) is 2.03. The van der Waals surface area contributed by atoms with Crippen LogP contribution >= 0.6 is 0 Å². The van der Waals surface area contributed by atoms with Crippen LogP contribution in [0.25, 0.3) is 10.9 Å². The molecule has 0 amide bonds. The third-order valence-corrected chi connectivity index (χ3v) is 9.02. The minimum atomic E-state index is -3.47. The molecule has 180 valence electrons. The van der Waals surface area contributed by atoms with Crippen LogP contribution in [0.15, 0.2) is 53.4 Å². The van der Waals surface area contributed by atoms with Gasteiger partial charge >= 0.3 is 0 Å². The lowest BCUT2D eigenvalue weighted by molar-refractivity contribution is 0.141. The fraction of sp³-hybridized carbons (Fsp3) is 0.462. The molecule has 0 radical (unpaired) electrons. The predicted molar refractivity (Wildman–Crippen MR) is 136 cm³/mol. The van der Waals surface area contributed by atoms with Gasteiger partial charge in [0, 0.05) is 44.7 Å². The first-order valence-electron chi connectivity index (χ1n) is 12.3. The van der Waals surface area contributed by atoms with Gasteiger partial charge in [0.05, 0.1) is 16.5 Å². The van der Waals surface area contributed by atoms with Crippen molar-refractivity contribution in [2.75, 3.05) is 44.2 Å². The molecule has 34 heavy (non-hydrogen) atoms. The van der Waals surface area contributed by atoms with Gasteiger partial charge in [0.25, 0.3) is 0 Å². The zero-order valence-corrected chi connectivity index (χ0v) is 20.8. The number of aromatic nitrogens is 2. The van der Waals surface area contributed by atoms with Gasteiger partial charge in [0.1, 0.15) is 11.6 Å². The molecule has 1 atom stereocenters. The molecule has 0 N–H and O–H groups in total. The second-order valence-corrected chi connectivity index (χ2v) is 11.3. The summed E-state index contributed by atoms with van der Waals surface area (Å²) in [6.45, 7) is 8.40. The Hall–Kier alpha value is -2.55. The number of fused-ring (bicyclic) bond motifs is 1. The van der Waals surface area contributed by atoms with Gasteiger partial charge in [-0.2, -0.15) is 4.31 Å². The van der Waals surface area contributed by atoms with Gasteiger partial charge in [0.15, 0.2) is 0 Å². The molecule has 2 aliphatic rings. The molecule has 0 unspecified atom stereocenters. The fourth-order valence-electron chi connectivity index (χ4n) is 4.96. The van der Waals surface area contributed by atoms with Crippen molar-refractivity contribution in [2.45, 2.75) is 44.0 Å². The van der Waals surface area contributed by atoms with Crippen molar-refractivity contribution in [3.63, 3.8) is 0 Å². The topological polar surface area (TPSA) is 69.6 Å². The van der Waals surface area contributed by atoms with Crippen molar-refractivity contribution in [1.29, 1.82) is 0 Å². The lowest BCUT2D eigenvalue weighted by Crippen LogP contribution is -2.49. The summed E-state index contributed by atoms with van der Waals surface area (Å²) < 4.78 is 27.8. The Bertz CT molecular complexity index is 1250. The smallest absolute Gasteiger partial charge is 0.243 e. The molecule has 2 fully saturated rings. The highest BCUT2D eigenvalue weighted by Crippen LogP contribution is 2.30. The number of rotatable bonds is 5. The highest BCUT2D eigenvalue weighted by atomic mass is 32.2. The Morgan fingerprint density at radius 3 is 2.21 bits per heavy atom. The summed E-state index contributed by atoms with van der Waals surface area (Å²) in [5, 5.41) is 1.11. The third kappa shape index (κ3) is 4.54. The van der Waals surface area contributed by atoms with Crippen LogP contribution in [-0.2, 0) is 10.0 Å². The number of nitrogens with zero attached hydrogens (tertiary/aromatic N) is 5. The third-order valence-electron chi connectivity index (χ3n) is 7.11. The number of hydrogen-bond donors (Lipinski definition) is 0. The first-order chi connectivity index (χ1) is 16.4. The van der Waals surface area contributed by atoms with E-state index in [0.717, 1.165) is 41.2 Å². The van der Waals surface area contributed by atoms with E-state index in [0.29, 0.717) is 31.1 Å². The molecule has 3 heterocycles. The Labute approximate surface area is 202 Å². The second kappa shape index (κ2) is 9.60. The highest BCUT2D eigenvalue weighted by molar-refractivity contribution is 7.89. The quantitative estimate of drug-likeness (QED) is 0.551. The standard InChI is InChI=1S/C26H33N5O2S/c1-20-10-12-22(13-11-20)34(32,33)31-18-16-29(17-19-31)21(2)25-27-24-9-5-4-8-23(24)26(28-25)30-14-6-3-7-15-30/h4-5,8-13,21H,3,6-7,14-19H2,1-2H3/t21-/m1/s1. The van der Waals surface area contributed by atoms with Crippen LogP contribution in [0.3, 0.4) is 0 Å². The molecule has 0 spiro atoms. The zero-order valence-electron chi connectivity index (χ0n) is 20.0. The van der Waals surface area contributed by atoms with E-state index in [1.165, 1.54) is 19.3 Å². The van der Waals surface area contributed by atoms with Gasteiger partial charge < -0.3 is 4.90 Å². The van der Waals surface area contributed by atoms with Crippen molar-refractivity contribution in [3.05, 3.63) is 59.9 Å². The molecule has 2 aromatic carbocycles. The van der Waals surface area contributed by atoms with Crippen molar-refractivity contribution >= 4 is 26.7 Å². The fourth-order valence-corrected chi connectivity index (χ4v) is 6.39. The maximum absolute atomic E-state index is 13.1. The number of piperazine rings is 1. The van der Waals surface area contributed by atoms with E-state index in [-0.39, 0.29) is 6.04 Å². The van der Waals surface area contributed by atoms with Crippen molar-refractivity contribution in [2.24, 2.45) is 0 Å². The summed E-state index contributed by atoms with van der Waals surface area (Å²) in [6.07, 6.45) is 3.67. The van der Waals surface area contributed by atoms with Gasteiger partial charge in [0.2, 0.25) is 10.0 Å². The van der Waals surface area contributed by atoms with Gasteiger partial charge in [-0.1, -0.05) is 29.8 Å². The SMILES string of the molecule is Cc1ccc(S(=O)(=O)N2CCN([C@H](C)c3nc(N4CCCCC4)c4ccccc4n3)CC2)cc1. The summed E-state index contributed by atoms with van der Waals surface area (Å²) in [6, 6.07) is 15.4. The van der Waals surface area contributed by atoms with Gasteiger partial charge in [-0.15, -0.1) is 0 Å². The normalized spacial score (nSPS) is 19.4. The van der Waals surface area contributed by atoms with Crippen LogP contribution in [-0.4, -0.2) is 66.9 Å². The highest BCUT2D eigenvalue weighted by Gasteiger charge is 2.31. The van der Waals surface area contributed by atoms with E-state index >= 15 is 0 Å². The largest absolute Gasteiger partial charge is 0.356 e. The Balaban J connectivity index is 1.35. The molecular formula is C26H33N5O2S. The van der Waals surface area contributed by atoms with Crippen molar-refractivity contribution in [3.8, 4) is 0 Å². The molecule has 3 aromatic rings. The minimum Gasteiger partial charge on any atom is -0.356 e. The van der Waals surface area contributed by atoms with Crippen LogP contribution < -0.4 is 4.90 Å². The van der Waals surface area contributed by atoms with Crippen LogP contribution in [0.2, 0.25) is 0 Å². The average molecular weight is 480 g/mol. The molecular weight excluding hydrogens is 446 g/mol. The maximum atomic E-state index is 13.1. The molecule has 0 saturated carbocycles. The lowest BCUT2D eigenvalue weighted by atomic mass is 10.1. The predicted octanol–water partition coefficient (Wildman–Crippen LogP) is 4.00. The Morgan fingerprint density at radius 2 is 1.50 bits per heavy atom. The van der Waals surface area contributed by atoms with Crippen molar-refractivity contribution < 1.29 is 8.42 Å². The van der Waals surface area contributed by atoms with E-state index in [9.17, 15) is 8.42 Å². The monoisotopic (exact) mass is 479 g/mol. The maximum Gasteiger partial charge on any atom is 0.243 e. The number of benzene rings is 2. The van der Waals surface area contributed by atoms with Gasteiger partial charge in [-0.25, -0.2) is 18.4 Å². The van der Waals surface area contributed by atoms with Gasteiger partial charge in [-0.3, -0.25) is 4.90 Å². The lowest BCUT2D eigenvalue weighted by Gasteiger charge is -2.37. The Morgan fingerprint density at radius 1 is 0.824 bits per heavy atom. The molecule has 0 bridgehead atoms. The molecule has 2 saturated heterocycles. The van der Waals surface area contributed by atoms with E-state index in [1.54, 1.807) is 16.4 Å². The number of hydrogen-bond acceptors (Lipinski definition) is 6. The van der Waals surface area contributed by atoms with E-state index in [4.69, 9.17) is 9.97 Å². The van der Waals surface area contributed by atoms with E-state index < -0.39 is 10.0 Å². The van der Waals surface area contributed by atoms with Crippen LogP contribution in [0, 0.1) is 6.92 Å². The first-order valence-corrected chi connectivity index (χ1v) is 13.7. The van der Waals surface area contributed by atoms with Crippen LogP contribution in [0.1, 0.15) is 43.6 Å². The van der Waals surface area contributed by atoms with E-state index in [2.05, 4.69) is 34.9 Å². The van der Waals surface area contributed by atoms with Crippen LogP contribution in [0.4, 0.5) is 5.82 Å². The number of sulfonamides is 1. The second-order valence-electron chi connectivity index (χ2n) is 9.40. The summed E-state index contributed by atoms with van der Waals surface area (Å²) in [7, 11) is -3.47. The molecule has 1 aromatic heterocycles. The Kier molecular flexibility index (Phi) is 6.55. The molecule has 7 nitrogen and oxygen atoms in total. The number of piperidine rings is 1. The number of aryl methyl sites for hydroxylation is 1. The molecule has 2 aliphatic heterocycles. The molecule has 8 heteroatoms. The van der Waals surface area contributed by atoms with Crippen LogP contribution in [0.5, 0.6) is 0 Å². The average Bonchev–Trinajstić information content (AvgIpc) is 2.88. The number of para-hydroxylation sites is 1.